The summed E-state index contributed by atoms with van der Waals surface area (Å²) in [6.45, 7) is -0.0887. The number of nitrogens with zero attached hydrogens (tertiary/aromatic N) is 3. The number of nitrogens with one attached hydrogen (secondary N) is 1. The van der Waals surface area contributed by atoms with Crippen LogP contribution in [0.2, 0.25) is 0 Å². The van der Waals surface area contributed by atoms with Gasteiger partial charge in [-0.2, -0.15) is 0 Å². The molecule has 0 radical (unpaired) electrons. The van der Waals surface area contributed by atoms with Crippen LogP contribution in [0.1, 0.15) is 0 Å². The van der Waals surface area contributed by atoms with Crippen LogP contribution >= 0.6 is 11.9 Å². The molecule has 7 nitrogen and oxygen atoms in total. The molecule has 0 bridgehead atoms. The van der Waals surface area contributed by atoms with Crippen molar-refractivity contribution in [2.45, 2.75) is 4.90 Å². The molecule has 1 aromatic carbocycles. The summed E-state index contributed by atoms with van der Waals surface area (Å²) in [4.78, 5) is 30.8. The first-order valence-electron chi connectivity index (χ1n) is 6.56. The van der Waals surface area contributed by atoms with Gasteiger partial charge in [0.15, 0.2) is 0 Å². The summed E-state index contributed by atoms with van der Waals surface area (Å²) in [5.41, 5.74) is 0. The number of amidine groups is 1. The Morgan fingerprint density at radius 1 is 1.35 bits per heavy atom. The van der Waals surface area contributed by atoms with Gasteiger partial charge in [-0.1, -0.05) is 24.1 Å². The number of ether oxygens (including phenoxy) is 1. The van der Waals surface area contributed by atoms with Crippen molar-refractivity contribution in [2.75, 3.05) is 27.7 Å². The second kappa shape index (κ2) is 9.38. The van der Waals surface area contributed by atoms with Crippen LogP contribution in [0.3, 0.4) is 0 Å². The molecule has 122 valence electrons. The molecule has 8 heteroatoms. The van der Waals surface area contributed by atoms with E-state index in [1.165, 1.54) is 26.1 Å². The molecule has 23 heavy (non-hydrogen) atoms. The van der Waals surface area contributed by atoms with E-state index in [0.717, 1.165) is 21.7 Å². The van der Waals surface area contributed by atoms with Gasteiger partial charge in [0, 0.05) is 19.0 Å². The second-order valence-electron chi connectivity index (χ2n) is 4.39. The van der Waals surface area contributed by atoms with E-state index in [9.17, 15) is 9.59 Å². The Morgan fingerprint density at radius 2 is 2.00 bits per heavy atom. The van der Waals surface area contributed by atoms with Crippen molar-refractivity contribution in [2.24, 2.45) is 4.99 Å². The standard InChI is InChI=1S/C15H18N4O3S/c1-5-11-19(15(22-4)16-13(20)18(2)3)14(21)17-23-12-9-7-6-8-10-12/h1,6-10H,11H2,2-4H3,(H,17,21). The lowest BCUT2D eigenvalue weighted by Crippen LogP contribution is -2.43. The molecule has 0 saturated carbocycles. The summed E-state index contributed by atoms with van der Waals surface area (Å²) in [5.74, 6) is 2.33. The van der Waals surface area contributed by atoms with Crippen LogP contribution < -0.4 is 4.72 Å². The first-order valence-corrected chi connectivity index (χ1v) is 7.38. The van der Waals surface area contributed by atoms with Crippen LogP contribution in [-0.2, 0) is 4.74 Å². The molecule has 0 aliphatic rings. The maximum Gasteiger partial charge on any atom is 0.347 e. The Balaban J connectivity index is 2.84. The highest BCUT2D eigenvalue weighted by Gasteiger charge is 2.21. The summed E-state index contributed by atoms with van der Waals surface area (Å²) in [5, 5.41) is 0. The van der Waals surface area contributed by atoms with E-state index in [1.54, 1.807) is 0 Å². The molecule has 0 aliphatic carbocycles. The number of carbonyl (C=O) groups excluding carboxylic acids is 2. The number of amides is 4. The maximum atomic E-state index is 12.3. The third kappa shape index (κ3) is 5.92. The fraction of sp³-hybridized carbons (Fsp3) is 0.267. The van der Waals surface area contributed by atoms with E-state index in [-0.39, 0.29) is 12.6 Å². The molecule has 4 amide bonds. The average molecular weight is 334 g/mol. The molecule has 0 fully saturated rings. The van der Waals surface area contributed by atoms with Crippen molar-refractivity contribution >= 4 is 30.0 Å². The first-order chi connectivity index (χ1) is 11.0. The van der Waals surface area contributed by atoms with Crippen molar-refractivity contribution in [1.29, 1.82) is 0 Å². The highest BCUT2D eigenvalue weighted by Crippen LogP contribution is 2.13. The lowest BCUT2D eigenvalue weighted by atomic mass is 10.4. The van der Waals surface area contributed by atoms with Crippen molar-refractivity contribution in [1.82, 2.24) is 14.5 Å². The van der Waals surface area contributed by atoms with Crippen LogP contribution in [0.25, 0.3) is 0 Å². The molecule has 0 unspecified atom stereocenters. The number of terminal acetylenes is 1. The Hall–Kier alpha value is -2.66. The molecule has 1 aromatic rings. The smallest absolute Gasteiger partial charge is 0.347 e. The van der Waals surface area contributed by atoms with Gasteiger partial charge in [-0.25, -0.2) is 14.5 Å². The number of aliphatic imine (C=N–C) groups is 1. The number of hydrogen-bond donors (Lipinski definition) is 1. The molecule has 0 aliphatic heterocycles. The van der Waals surface area contributed by atoms with Crippen molar-refractivity contribution in [3.05, 3.63) is 30.3 Å². The van der Waals surface area contributed by atoms with E-state index in [4.69, 9.17) is 11.2 Å². The number of hydrogen-bond acceptors (Lipinski definition) is 4. The number of methoxy groups -OCH3 is 1. The Labute approximate surface area is 139 Å². The van der Waals surface area contributed by atoms with Crippen LogP contribution in [-0.4, -0.2) is 55.6 Å². The lowest BCUT2D eigenvalue weighted by Gasteiger charge is -2.20. The first kappa shape index (κ1) is 18.4. The fourth-order valence-corrected chi connectivity index (χ4v) is 1.97. The van der Waals surface area contributed by atoms with Gasteiger partial charge in [-0.15, -0.1) is 11.4 Å². The van der Waals surface area contributed by atoms with Gasteiger partial charge in [0.2, 0.25) is 0 Å². The molecular formula is C15H18N4O3S. The lowest BCUT2D eigenvalue weighted by molar-refractivity contribution is 0.215. The zero-order chi connectivity index (χ0) is 17.2. The van der Waals surface area contributed by atoms with Crippen LogP contribution in [0, 0.1) is 12.3 Å². The maximum absolute atomic E-state index is 12.3. The second-order valence-corrected chi connectivity index (χ2v) is 5.27. The summed E-state index contributed by atoms with van der Waals surface area (Å²) >= 11 is 1.12. The third-order valence-electron chi connectivity index (χ3n) is 2.48. The van der Waals surface area contributed by atoms with E-state index in [0.29, 0.717) is 0 Å². The van der Waals surface area contributed by atoms with Crippen molar-refractivity contribution < 1.29 is 14.3 Å². The predicted molar refractivity (Wildman–Crippen MR) is 89.9 cm³/mol. The fourth-order valence-electron chi connectivity index (χ4n) is 1.36. The molecule has 0 aromatic heterocycles. The van der Waals surface area contributed by atoms with Gasteiger partial charge in [-0.05, 0) is 24.1 Å². The summed E-state index contributed by atoms with van der Waals surface area (Å²) < 4.78 is 7.65. The van der Waals surface area contributed by atoms with E-state index in [2.05, 4.69) is 15.6 Å². The van der Waals surface area contributed by atoms with Gasteiger partial charge >= 0.3 is 18.1 Å². The van der Waals surface area contributed by atoms with E-state index < -0.39 is 12.1 Å². The number of urea groups is 2. The number of carbonyl (C=O) groups is 2. The van der Waals surface area contributed by atoms with Crippen molar-refractivity contribution in [3.63, 3.8) is 0 Å². The molecule has 0 atom stereocenters. The largest absolute Gasteiger partial charge is 0.468 e. The van der Waals surface area contributed by atoms with Gasteiger partial charge in [0.05, 0.1) is 13.7 Å². The normalized spacial score (nSPS) is 10.4. The average Bonchev–Trinajstić information content (AvgIpc) is 2.56. The molecule has 0 spiro atoms. The Morgan fingerprint density at radius 3 is 2.52 bits per heavy atom. The van der Waals surface area contributed by atoms with Crippen LogP contribution in [0.5, 0.6) is 0 Å². The van der Waals surface area contributed by atoms with Crippen LogP contribution in [0.4, 0.5) is 9.59 Å². The van der Waals surface area contributed by atoms with E-state index >= 15 is 0 Å². The monoisotopic (exact) mass is 334 g/mol. The topological polar surface area (TPSA) is 74.2 Å². The predicted octanol–water partition coefficient (Wildman–Crippen LogP) is 2.02. The minimum absolute atomic E-state index is 0.0887. The van der Waals surface area contributed by atoms with Gasteiger partial charge in [-0.3, -0.25) is 4.72 Å². The highest BCUT2D eigenvalue weighted by atomic mass is 32.2. The minimum atomic E-state index is -0.563. The zero-order valence-corrected chi connectivity index (χ0v) is 14.0. The quantitative estimate of drug-likeness (QED) is 0.397. The van der Waals surface area contributed by atoms with E-state index in [1.807, 2.05) is 30.3 Å². The zero-order valence-electron chi connectivity index (χ0n) is 13.1. The summed E-state index contributed by atoms with van der Waals surface area (Å²) in [7, 11) is 4.38. The Bertz CT molecular complexity index is 611. The van der Waals surface area contributed by atoms with Crippen LogP contribution in [0.15, 0.2) is 40.2 Å². The van der Waals surface area contributed by atoms with Crippen molar-refractivity contribution in [3.8, 4) is 12.3 Å². The molecule has 1 N–H and O–H groups in total. The van der Waals surface area contributed by atoms with Gasteiger partial charge < -0.3 is 9.64 Å². The summed E-state index contributed by atoms with van der Waals surface area (Å²) in [6.07, 6.45) is 5.27. The number of rotatable bonds is 3. The molecular weight excluding hydrogens is 316 g/mol. The third-order valence-corrected chi connectivity index (χ3v) is 3.27. The van der Waals surface area contributed by atoms with Gasteiger partial charge in [0.1, 0.15) is 0 Å². The highest BCUT2D eigenvalue weighted by molar-refractivity contribution is 7.98. The van der Waals surface area contributed by atoms with Gasteiger partial charge in [0.25, 0.3) is 0 Å². The molecule has 0 saturated heterocycles. The summed E-state index contributed by atoms with van der Waals surface area (Å²) in [6, 6.07) is 7.99. The molecule has 0 heterocycles. The number of benzene rings is 1. The molecule has 1 rings (SSSR count). The Kier molecular flexibility index (Phi) is 7.50. The minimum Gasteiger partial charge on any atom is -0.468 e. The SMILES string of the molecule is C#CCN(C(=O)NSc1ccccc1)C(=NC(=O)N(C)C)OC.